The van der Waals surface area contributed by atoms with Gasteiger partial charge in [-0.25, -0.2) is 0 Å². The summed E-state index contributed by atoms with van der Waals surface area (Å²) in [7, 11) is 19.0. The number of benzene rings is 1. The molecule has 0 aliphatic rings. The zero-order valence-electron chi connectivity index (χ0n) is 16.7. The van der Waals surface area contributed by atoms with Crippen LogP contribution in [0.4, 0.5) is 0 Å². The fourth-order valence-corrected chi connectivity index (χ4v) is 4.09. The lowest BCUT2D eigenvalue weighted by atomic mass is 8.85. The van der Waals surface area contributed by atoms with Crippen molar-refractivity contribution in [2.45, 2.75) is 26.7 Å². The van der Waals surface area contributed by atoms with Gasteiger partial charge in [0.25, 0.3) is 0 Å². The van der Waals surface area contributed by atoms with Crippen molar-refractivity contribution in [2.75, 3.05) is 0 Å². The average molecular weight is 276 g/mol. The predicted molar refractivity (Wildman–Crippen MR) is 135 cm³/mol. The lowest BCUT2D eigenvalue weighted by Crippen LogP contribution is -2.65. The SMILES string of the molecule is BBB(B)c1c(C)c(BB)c(B)c(C(C)C)c1B(B)B(B)B. The van der Waals surface area contributed by atoms with E-state index in [-0.39, 0.29) is 0 Å². The molecule has 1 rings (SSSR count). The van der Waals surface area contributed by atoms with E-state index in [4.69, 9.17) is 0 Å². The van der Waals surface area contributed by atoms with E-state index in [9.17, 15) is 0 Å². The Balaban J connectivity index is 3.89. The molecule has 1 aromatic carbocycles. The minimum atomic E-state index is 0.602. The van der Waals surface area contributed by atoms with Gasteiger partial charge in [-0.1, -0.05) is 35.9 Å². The highest BCUT2D eigenvalue weighted by Crippen LogP contribution is 2.10. The van der Waals surface area contributed by atoms with Gasteiger partial charge in [0.15, 0.2) is 0 Å². The van der Waals surface area contributed by atoms with Crippen LogP contribution in [0, 0.1) is 6.92 Å². The van der Waals surface area contributed by atoms with Crippen LogP contribution in [0.25, 0.3) is 0 Å². The molecule has 0 amide bonds. The number of hydrogen-bond donors (Lipinski definition) is 0. The Morgan fingerprint density at radius 3 is 1.91 bits per heavy atom. The van der Waals surface area contributed by atoms with Crippen LogP contribution in [0.3, 0.4) is 0 Å². The zero-order chi connectivity index (χ0) is 17.2. The molecule has 0 aliphatic carbocycles. The standard InChI is InChI=1S/C10H26B12/c1-4(2)6-7(11)8(18-12)5(3)9(20(14)19-13)10(6)21(15)22(16)17/h4,18-19H,11-17H2,1-3H3. The zero-order valence-corrected chi connectivity index (χ0v) is 16.7. The van der Waals surface area contributed by atoms with E-state index < -0.39 is 0 Å². The molecule has 0 N–H and O–H groups in total. The maximum atomic E-state index is 2.43. The molecule has 0 radical (unpaired) electrons. The lowest BCUT2D eigenvalue weighted by molar-refractivity contribution is 0.881. The molecule has 0 saturated heterocycles. The van der Waals surface area contributed by atoms with Gasteiger partial charge in [-0.15, -0.1) is 10.9 Å². The highest BCUT2D eigenvalue weighted by Gasteiger charge is 2.29. The van der Waals surface area contributed by atoms with E-state index in [1.807, 2.05) is 0 Å². The highest BCUT2D eigenvalue weighted by atomic mass is 14.1. The van der Waals surface area contributed by atoms with Crippen LogP contribution in [0.5, 0.6) is 0 Å². The minimum absolute atomic E-state index is 0.602. The first-order chi connectivity index (χ1) is 10.2. The van der Waals surface area contributed by atoms with Crippen LogP contribution in [-0.4, -0.2) is 87.9 Å². The summed E-state index contributed by atoms with van der Waals surface area (Å²) in [5.74, 6) is 0.602. The van der Waals surface area contributed by atoms with E-state index in [2.05, 4.69) is 75.0 Å². The van der Waals surface area contributed by atoms with Crippen LogP contribution in [-0.2, 0) is 0 Å². The third kappa shape index (κ3) is 3.73. The number of hydrogen-bond acceptors (Lipinski definition) is 0. The molecule has 0 atom stereocenters. The molecule has 0 unspecified atom stereocenters. The van der Waals surface area contributed by atoms with Gasteiger partial charge in [-0.05, 0) is 12.8 Å². The quantitative estimate of drug-likeness (QED) is 0.453. The van der Waals surface area contributed by atoms with Crippen LogP contribution >= 0.6 is 0 Å². The van der Waals surface area contributed by atoms with Gasteiger partial charge < -0.3 is 0 Å². The Bertz CT molecular complexity index is 527. The molecular weight excluding hydrogens is 250 g/mol. The maximum absolute atomic E-state index is 2.43. The van der Waals surface area contributed by atoms with Crippen molar-refractivity contribution in [3.8, 4) is 0 Å². The smallest absolute Gasteiger partial charge is 0.102 e. The van der Waals surface area contributed by atoms with Gasteiger partial charge >= 0.3 is 0 Å². The largest absolute Gasteiger partial charge is 0.138 e. The molecule has 12 heteroatoms. The Hall–Kier alpha value is -0.000779. The molecule has 102 valence electrons. The van der Waals surface area contributed by atoms with Crippen LogP contribution in [0.1, 0.15) is 30.9 Å². The molecule has 0 bridgehead atoms. The third-order valence-corrected chi connectivity index (χ3v) is 5.79. The second-order valence-electron chi connectivity index (χ2n) is 7.82. The number of rotatable bonds is 6. The summed E-state index contributed by atoms with van der Waals surface area (Å²) in [6.45, 7) is 8.39. The van der Waals surface area contributed by atoms with Gasteiger partial charge in [0.1, 0.15) is 15.0 Å². The topological polar surface area (TPSA) is 0 Å². The van der Waals surface area contributed by atoms with E-state index in [0.717, 1.165) is 7.17 Å². The molecule has 0 saturated carbocycles. The van der Waals surface area contributed by atoms with Crippen molar-refractivity contribution >= 4 is 110 Å². The second kappa shape index (κ2) is 8.20. The summed E-state index contributed by atoms with van der Waals surface area (Å²) in [5.41, 5.74) is 9.70. The fourth-order valence-electron chi connectivity index (χ4n) is 4.09. The first kappa shape index (κ1) is 20.0. The Morgan fingerprint density at radius 2 is 1.55 bits per heavy atom. The van der Waals surface area contributed by atoms with Crippen LogP contribution in [0.2, 0.25) is 0 Å². The summed E-state index contributed by atoms with van der Waals surface area (Å²) >= 11 is 0. The molecule has 22 heavy (non-hydrogen) atoms. The normalized spacial score (nSPS) is 10.4. The monoisotopic (exact) mass is 278 g/mol. The summed E-state index contributed by atoms with van der Waals surface area (Å²) in [6.07, 6.45) is 0.687. The van der Waals surface area contributed by atoms with E-state index in [1.54, 1.807) is 33.0 Å². The van der Waals surface area contributed by atoms with Crippen LogP contribution < -0.4 is 21.9 Å². The molecule has 1 aromatic rings. The van der Waals surface area contributed by atoms with Crippen molar-refractivity contribution in [2.24, 2.45) is 0 Å². The van der Waals surface area contributed by atoms with E-state index >= 15 is 0 Å². The fraction of sp³-hybridized carbons (Fsp3) is 0.400. The third-order valence-electron chi connectivity index (χ3n) is 5.79. The average Bonchev–Trinajstić information content (AvgIpc) is 2.44. The Kier molecular flexibility index (Phi) is 7.47. The first-order valence-electron chi connectivity index (χ1n) is 9.34. The molecule has 0 aliphatic heterocycles. The predicted octanol–water partition coefficient (Wildman–Crippen LogP) is -9.04. The molecule has 0 spiro atoms. The second-order valence-corrected chi connectivity index (χ2v) is 7.82. The van der Waals surface area contributed by atoms with Gasteiger partial charge in [0.05, 0.1) is 66.5 Å². The van der Waals surface area contributed by atoms with Crippen molar-refractivity contribution in [1.82, 2.24) is 0 Å². The van der Waals surface area contributed by atoms with E-state index in [0.29, 0.717) is 25.3 Å². The van der Waals surface area contributed by atoms with Gasteiger partial charge in [0, 0.05) is 6.39 Å². The van der Waals surface area contributed by atoms with Crippen LogP contribution in [0.15, 0.2) is 0 Å². The summed E-state index contributed by atoms with van der Waals surface area (Å²) in [4.78, 5) is 0. The van der Waals surface area contributed by atoms with Crippen molar-refractivity contribution in [3.63, 3.8) is 0 Å². The van der Waals surface area contributed by atoms with Crippen molar-refractivity contribution in [1.29, 1.82) is 0 Å². The highest BCUT2D eigenvalue weighted by molar-refractivity contribution is 7.70. The first-order valence-corrected chi connectivity index (χ1v) is 9.34. The van der Waals surface area contributed by atoms with Gasteiger partial charge in [-0.3, -0.25) is 0 Å². The summed E-state index contributed by atoms with van der Waals surface area (Å²) in [5, 5.41) is 0. The van der Waals surface area contributed by atoms with Gasteiger partial charge in [-0.2, -0.15) is 0 Å². The lowest BCUT2D eigenvalue weighted by Gasteiger charge is -2.32. The molecule has 0 fully saturated rings. The van der Waals surface area contributed by atoms with Crippen molar-refractivity contribution < 1.29 is 0 Å². The minimum Gasteiger partial charge on any atom is -0.102 e. The molecule has 0 heterocycles. The molecule has 0 nitrogen and oxygen atoms in total. The Morgan fingerprint density at radius 1 is 1.00 bits per heavy atom. The van der Waals surface area contributed by atoms with Gasteiger partial charge in [0.2, 0.25) is 0 Å². The summed E-state index contributed by atoms with van der Waals surface area (Å²) in [6, 6.07) is 0. The maximum Gasteiger partial charge on any atom is 0.138 e. The molecular formula is C10H26B12. The Labute approximate surface area is 147 Å². The van der Waals surface area contributed by atoms with Crippen molar-refractivity contribution in [3.05, 3.63) is 11.1 Å². The summed E-state index contributed by atoms with van der Waals surface area (Å²) < 4.78 is 0. The molecule has 0 aromatic heterocycles. The van der Waals surface area contributed by atoms with E-state index in [1.165, 1.54) is 7.06 Å².